The SMILES string of the molecule is COC(=O)c1[nH]ncc1-c1nc(C)ncc1F. The Morgan fingerprint density at radius 2 is 2.24 bits per heavy atom. The number of aryl methyl sites for hydroxylation is 1. The van der Waals surface area contributed by atoms with Crippen LogP contribution in [0.25, 0.3) is 11.3 Å². The molecule has 2 rings (SSSR count). The van der Waals surface area contributed by atoms with E-state index >= 15 is 0 Å². The highest BCUT2D eigenvalue weighted by molar-refractivity contribution is 5.94. The van der Waals surface area contributed by atoms with Crippen LogP contribution in [0.2, 0.25) is 0 Å². The number of nitrogens with zero attached hydrogens (tertiary/aromatic N) is 3. The average Bonchev–Trinajstić information content (AvgIpc) is 2.80. The van der Waals surface area contributed by atoms with E-state index in [0.717, 1.165) is 6.20 Å². The van der Waals surface area contributed by atoms with Crippen LogP contribution in [0.1, 0.15) is 16.3 Å². The second kappa shape index (κ2) is 4.28. The Morgan fingerprint density at radius 3 is 2.94 bits per heavy atom. The van der Waals surface area contributed by atoms with Crippen molar-refractivity contribution in [1.29, 1.82) is 0 Å². The van der Waals surface area contributed by atoms with Gasteiger partial charge in [-0.1, -0.05) is 0 Å². The number of H-pyrrole nitrogens is 1. The van der Waals surface area contributed by atoms with Crippen LogP contribution in [0.4, 0.5) is 4.39 Å². The summed E-state index contributed by atoms with van der Waals surface area (Å²) in [5.74, 6) is -0.853. The van der Waals surface area contributed by atoms with E-state index in [0.29, 0.717) is 5.82 Å². The van der Waals surface area contributed by atoms with Gasteiger partial charge in [0.1, 0.15) is 11.5 Å². The number of ether oxygens (including phenoxy) is 1. The summed E-state index contributed by atoms with van der Waals surface area (Å²) >= 11 is 0. The first-order valence-electron chi connectivity index (χ1n) is 4.74. The van der Waals surface area contributed by atoms with E-state index < -0.39 is 11.8 Å². The minimum Gasteiger partial charge on any atom is -0.464 e. The van der Waals surface area contributed by atoms with E-state index in [9.17, 15) is 9.18 Å². The fraction of sp³-hybridized carbons (Fsp3) is 0.200. The third kappa shape index (κ3) is 1.99. The molecule has 0 fully saturated rings. The van der Waals surface area contributed by atoms with Crippen LogP contribution < -0.4 is 0 Å². The molecule has 0 aliphatic heterocycles. The molecular formula is C10H9FN4O2. The lowest BCUT2D eigenvalue weighted by atomic mass is 10.1. The topological polar surface area (TPSA) is 80.8 Å². The van der Waals surface area contributed by atoms with E-state index in [1.165, 1.54) is 13.3 Å². The molecule has 0 aliphatic rings. The molecule has 0 atom stereocenters. The molecule has 0 spiro atoms. The van der Waals surface area contributed by atoms with Crippen molar-refractivity contribution in [3.8, 4) is 11.3 Å². The minimum absolute atomic E-state index is 0.0200. The molecule has 0 saturated carbocycles. The largest absolute Gasteiger partial charge is 0.464 e. The van der Waals surface area contributed by atoms with E-state index in [1.54, 1.807) is 6.92 Å². The first-order valence-corrected chi connectivity index (χ1v) is 4.74. The quantitative estimate of drug-likeness (QED) is 0.789. The fourth-order valence-corrected chi connectivity index (χ4v) is 1.37. The van der Waals surface area contributed by atoms with Crippen LogP contribution in [0.3, 0.4) is 0 Å². The Balaban J connectivity index is 2.57. The predicted molar refractivity (Wildman–Crippen MR) is 55.6 cm³/mol. The maximum Gasteiger partial charge on any atom is 0.356 e. The van der Waals surface area contributed by atoms with Crippen molar-refractivity contribution < 1.29 is 13.9 Å². The van der Waals surface area contributed by atoms with Gasteiger partial charge in [-0.15, -0.1) is 0 Å². The Bertz CT molecular complexity index is 567. The molecule has 0 aliphatic carbocycles. The third-order valence-electron chi connectivity index (χ3n) is 2.15. The number of halogens is 1. The van der Waals surface area contributed by atoms with Crippen LogP contribution in [0, 0.1) is 12.7 Å². The third-order valence-corrected chi connectivity index (χ3v) is 2.15. The van der Waals surface area contributed by atoms with Gasteiger partial charge in [-0.05, 0) is 6.92 Å². The van der Waals surface area contributed by atoms with Crippen molar-refractivity contribution in [2.24, 2.45) is 0 Å². The molecule has 0 aromatic carbocycles. The number of aromatic amines is 1. The molecule has 6 nitrogen and oxygen atoms in total. The fourth-order valence-electron chi connectivity index (χ4n) is 1.37. The molecule has 17 heavy (non-hydrogen) atoms. The summed E-state index contributed by atoms with van der Waals surface area (Å²) < 4.78 is 18.1. The molecule has 7 heteroatoms. The molecule has 0 radical (unpaired) electrons. The standard InChI is InChI=1S/C10H9FN4O2/c1-5-12-4-7(11)8(14-5)6-3-13-15-9(6)10(16)17-2/h3-4H,1-2H3,(H,13,15). The summed E-state index contributed by atoms with van der Waals surface area (Å²) in [7, 11) is 1.23. The highest BCUT2D eigenvalue weighted by atomic mass is 19.1. The monoisotopic (exact) mass is 236 g/mol. The van der Waals surface area contributed by atoms with E-state index in [2.05, 4.69) is 24.9 Å². The number of hydrogen-bond donors (Lipinski definition) is 1. The highest BCUT2D eigenvalue weighted by Crippen LogP contribution is 2.22. The maximum absolute atomic E-state index is 13.6. The lowest BCUT2D eigenvalue weighted by molar-refractivity contribution is 0.0595. The zero-order valence-corrected chi connectivity index (χ0v) is 9.19. The summed E-state index contributed by atoms with van der Waals surface area (Å²) in [5, 5.41) is 6.14. The van der Waals surface area contributed by atoms with Gasteiger partial charge in [0, 0.05) is 0 Å². The van der Waals surface area contributed by atoms with Crippen molar-refractivity contribution in [2.45, 2.75) is 6.92 Å². The predicted octanol–water partition coefficient (Wildman–Crippen LogP) is 1.10. The van der Waals surface area contributed by atoms with Crippen molar-refractivity contribution in [1.82, 2.24) is 20.2 Å². The summed E-state index contributed by atoms with van der Waals surface area (Å²) in [4.78, 5) is 19.1. The van der Waals surface area contributed by atoms with Gasteiger partial charge in [0.05, 0.1) is 25.1 Å². The van der Waals surface area contributed by atoms with Gasteiger partial charge in [0.2, 0.25) is 0 Å². The smallest absolute Gasteiger partial charge is 0.356 e. The molecule has 2 aromatic rings. The second-order valence-corrected chi connectivity index (χ2v) is 3.26. The van der Waals surface area contributed by atoms with Gasteiger partial charge in [0.25, 0.3) is 0 Å². The molecule has 0 saturated heterocycles. The Morgan fingerprint density at radius 1 is 1.47 bits per heavy atom. The van der Waals surface area contributed by atoms with Gasteiger partial charge in [0.15, 0.2) is 11.5 Å². The van der Waals surface area contributed by atoms with Crippen molar-refractivity contribution >= 4 is 5.97 Å². The maximum atomic E-state index is 13.6. The number of hydrogen-bond acceptors (Lipinski definition) is 5. The van der Waals surface area contributed by atoms with E-state index in [4.69, 9.17) is 0 Å². The van der Waals surface area contributed by atoms with Crippen molar-refractivity contribution in [3.05, 3.63) is 29.7 Å². The van der Waals surface area contributed by atoms with Gasteiger partial charge >= 0.3 is 5.97 Å². The van der Waals surface area contributed by atoms with E-state index in [1.807, 2.05) is 0 Å². The number of carbonyl (C=O) groups excluding carboxylic acids is 1. The minimum atomic E-state index is -0.631. The lowest BCUT2D eigenvalue weighted by Gasteiger charge is -2.02. The highest BCUT2D eigenvalue weighted by Gasteiger charge is 2.19. The number of carbonyl (C=O) groups is 1. The van der Waals surface area contributed by atoms with E-state index in [-0.39, 0.29) is 17.0 Å². The summed E-state index contributed by atoms with van der Waals surface area (Å²) in [5.41, 5.74) is 0.330. The molecule has 0 bridgehead atoms. The molecule has 88 valence electrons. The Kier molecular flexibility index (Phi) is 2.82. The van der Waals surface area contributed by atoms with Gasteiger partial charge in [-0.2, -0.15) is 5.10 Å². The van der Waals surface area contributed by atoms with Crippen LogP contribution in [-0.4, -0.2) is 33.2 Å². The number of methoxy groups -OCH3 is 1. The first kappa shape index (κ1) is 11.2. The zero-order chi connectivity index (χ0) is 12.4. The number of aromatic nitrogens is 4. The average molecular weight is 236 g/mol. The molecule has 2 heterocycles. The normalized spacial score (nSPS) is 10.3. The van der Waals surface area contributed by atoms with Crippen LogP contribution in [0.5, 0.6) is 0 Å². The van der Waals surface area contributed by atoms with Crippen molar-refractivity contribution in [2.75, 3.05) is 7.11 Å². The number of nitrogens with one attached hydrogen (secondary N) is 1. The van der Waals surface area contributed by atoms with Gasteiger partial charge in [-0.25, -0.2) is 19.2 Å². The van der Waals surface area contributed by atoms with Gasteiger partial charge < -0.3 is 4.74 Å². The summed E-state index contributed by atoms with van der Waals surface area (Å²) in [6.45, 7) is 1.63. The van der Waals surface area contributed by atoms with Crippen LogP contribution in [-0.2, 0) is 4.74 Å². The summed E-state index contributed by atoms with van der Waals surface area (Å²) in [6.07, 6.45) is 2.36. The van der Waals surface area contributed by atoms with Crippen LogP contribution in [0.15, 0.2) is 12.4 Å². The Hall–Kier alpha value is -2.31. The molecule has 1 N–H and O–H groups in total. The molecule has 0 unspecified atom stereocenters. The van der Waals surface area contributed by atoms with Crippen molar-refractivity contribution in [3.63, 3.8) is 0 Å². The number of esters is 1. The first-order chi connectivity index (χ1) is 8.13. The number of rotatable bonds is 2. The molecule has 0 amide bonds. The van der Waals surface area contributed by atoms with Crippen LogP contribution >= 0.6 is 0 Å². The Labute approximate surface area is 95.9 Å². The van der Waals surface area contributed by atoms with Gasteiger partial charge in [-0.3, -0.25) is 5.10 Å². The summed E-state index contributed by atoms with van der Waals surface area (Å²) in [6, 6.07) is 0. The zero-order valence-electron chi connectivity index (χ0n) is 9.19. The molecular weight excluding hydrogens is 227 g/mol. The molecule has 2 aromatic heterocycles. The lowest BCUT2D eigenvalue weighted by Crippen LogP contribution is -2.05. The second-order valence-electron chi connectivity index (χ2n) is 3.26.